The van der Waals surface area contributed by atoms with E-state index in [2.05, 4.69) is 0 Å². The summed E-state index contributed by atoms with van der Waals surface area (Å²) in [5, 5.41) is 9.94. The number of rotatable bonds is 5. The second-order valence-corrected chi connectivity index (χ2v) is 5.01. The van der Waals surface area contributed by atoms with Crippen LogP contribution in [0.4, 0.5) is 0 Å². The number of benzene rings is 1. The van der Waals surface area contributed by atoms with Crippen molar-refractivity contribution in [1.82, 2.24) is 4.81 Å². The van der Waals surface area contributed by atoms with Crippen LogP contribution in [0.15, 0.2) is 12.1 Å². The van der Waals surface area contributed by atoms with Gasteiger partial charge in [-0.15, -0.1) is 0 Å². The lowest BCUT2D eigenvalue weighted by Gasteiger charge is -2.25. The maximum atomic E-state index is 11.6. The Balaban J connectivity index is 2.42. The zero-order chi connectivity index (χ0) is 15.6. The summed E-state index contributed by atoms with van der Waals surface area (Å²) in [6.45, 7) is 2.24. The fraction of sp³-hybridized carbons (Fsp3) is 0.500. The van der Waals surface area contributed by atoms with Gasteiger partial charge in [-0.2, -0.15) is 0 Å². The highest BCUT2D eigenvalue weighted by Gasteiger charge is 2.37. The van der Waals surface area contributed by atoms with Crippen LogP contribution in [0.3, 0.4) is 0 Å². The predicted octanol–water partition coefficient (Wildman–Crippen LogP) is 1.23. The van der Waals surface area contributed by atoms with Crippen molar-refractivity contribution in [3.8, 4) is 11.5 Å². The molecule has 2 rings (SSSR count). The maximum Gasteiger partial charge on any atom is 0.377 e. The first-order valence-corrected chi connectivity index (χ1v) is 6.77. The average molecular weight is 293 g/mol. The molecule has 0 radical (unpaired) electrons. The van der Waals surface area contributed by atoms with Crippen LogP contribution >= 0.6 is 0 Å². The largest absolute Gasteiger partial charge is 0.493 e. The van der Waals surface area contributed by atoms with Crippen molar-refractivity contribution in [2.24, 2.45) is 0 Å². The lowest BCUT2D eigenvalue weighted by molar-refractivity contribution is -0.141. The maximum absolute atomic E-state index is 11.6. The summed E-state index contributed by atoms with van der Waals surface area (Å²) in [6, 6.07) is 3.53. The van der Waals surface area contributed by atoms with Crippen molar-refractivity contribution < 1.29 is 24.0 Å². The fourth-order valence-corrected chi connectivity index (χ4v) is 2.73. The molecular weight excluding hydrogens is 273 g/mol. The highest BCUT2D eigenvalue weighted by Crippen LogP contribution is 2.42. The minimum Gasteiger partial charge on any atom is -0.493 e. The van der Waals surface area contributed by atoms with E-state index in [1.54, 1.807) is 21.0 Å². The van der Waals surface area contributed by atoms with Crippen LogP contribution in [-0.4, -0.2) is 44.2 Å². The van der Waals surface area contributed by atoms with Gasteiger partial charge >= 0.3 is 13.0 Å². The van der Waals surface area contributed by atoms with E-state index in [9.17, 15) is 9.82 Å². The third-order valence-corrected chi connectivity index (χ3v) is 3.83. The molecule has 7 heteroatoms. The van der Waals surface area contributed by atoms with Gasteiger partial charge in [0.05, 0.1) is 27.8 Å². The standard InChI is InChI=1S/C14H20BNO5/c1-15(18)16-8-9-5-12(19-2)13(20-3)6-10(9)11(16)7-14(17)21-4/h5-6,11,18H,7-8H2,1-4H3. The molecule has 114 valence electrons. The van der Waals surface area contributed by atoms with Crippen LogP contribution in [0.25, 0.3) is 0 Å². The molecule has 1 aromatic rings. The van der Waals surface area contributed by atoms with E-state index >= 15 is 0 Å². The Morgan fingerprint density at radius 1 is 1.33 bits per heavy atom. The Morgan fingerprint density at radius 2 is 1.95 bits per heavy atom. The first-order chi connectivity index (χ1) is 10.0. The normalized spacial score (nSPS) is 17.3. The van der Waals surface area contributed by atoms with E-state index in [0.29, 0.717) is 18.0 Å². The van der Waals surface area contributed by atoms with E-state index in [1.165, 1.54) is 7.11 Å². The Hall–Kier alpha value is -1.73. The molecule has 0 bridgehead atoms. The molecule has 1 aliphatic rings. The van der Waals surface area contributed by atoms with Gasteiger partial charge in [-0.3, -0.25) is 4.79 Å². The van der Waals surface area contributed by atoms with Crippen molar-refractivity contribution in [1.29, 1.82) is 0 Å². The quantitative estimate of drug-likeness (QED) is 0.650. The molecule has 0 fully saturated rings. The summed E-state index contributed by atoms with van der Waals surface area (Å²) in [5.74, 6) is 0.937. The topological polar surface area (TPSA) is 68.2 Å². The predicted molar refractivity (Wildman–Crippen MR) is 78.3 cm³/mol. The third-order valence-electron chi connectivity index (χ3n) is 3.83. The zero-order valence-corrected chi connectivity index (χ0v) is 12.8. The average Bonchev–Trinajstić information content (AvgIpc) is 2.83. The molecule has 0 amide bonds. The highest BCUT2D eigenvalue weighted by atomic mass is 16.5. The van der Waals surface area contributed by atoms with Crippen molar-refractivity contribution in [2.45, 2.75) is 25.8 Å². The number of methoxy groups -OCH3 is 3. The molecule has 0 aromatic heterocycles. The summed E-state index contributed by atoms with van der Waals surface area (Å²) in [6.07, 6.45) is 0.184. The molecule has 1 atom stereocenters. The number of hydrogen-bond acceptors (Lipinski definition) is 6. The summed E-state index contributed by atoms with van der Waals surface area (Å²) in [4.78, 5) is 13.5. The Labute approximate surface area is 124 Å². The van der Waals surface area contributed by atoms with Crippen LogP contribution in [0.1, 0.15) is 23.6 Å². The summed E-state index contributed by atoms with van der Waals surface area (Å²) in [7, 11) is 3.85. The van der Waals surface area contributed by atoms with Gasteiger partial charge in [0.15, 0.2) is 11.5 Å². The van der Waals surface area contributed by atoms with Gasteiger partial charge < -0.3 is 24.0 Å². The number of esters is 1. The Morgan fingerprint density at radius 3 is 2.48 bits per heavy atom. The molecule has 1 aromatic carbocycles. The number of hydrogen-bond donors (Lipinski definition) is 1. The summed E-state index contributed by atoms with van der Waals surface area (Å²) in [5.41, 5.74) is 1.97. The van der Waals surface area contributed by atoms with Gasteiger partial charge in [-0.1, -0.05) is 0 Å². The number of ether oxygens (including phenoxy) is 3. The smallest absolute Gasteiger partial charge is 0.377 e. The van der Waals surface area contributed by atoms with Crippen LogP contribution < -0.4 is 9.47 Å². The molecule has 1 unspecified atom stereocenters. The molecule has 21 heavy (non-hydrogen) atoms. The molecular formula is C14H20BNO5. The van der Waals surface area contributed by atoms with Crippen LogP contribution in [0.2, 0.25) is 6.82 Å². The first kappa shape index (κ1) is 15.7. The number of nitrogens with zero attached hydrogens (tertiary/aromatic N) is 1. The SMILES string of the molecule is COC(=O)CC1c2cc(OC)c(OC)cc2CN1B(C)O. The fourth-order valence-electron chi connectivity index (χ4n) is 2.73. The van der Waals surface area contributed by atoms with Crippen molar-refractivity contribution in [3.05, 3.63) is 23.3 Å². The van der Waals surface area contributed by atoms with E-state index in [1.807, 2.05) is 16.9 Å². The monoisotopic (exact) mass is 293 g/mol. The second kappa shape index (κ2) is 6.36. The van der Waals surface area contributed by atoms with Crippen LogP contribution in [0.5, 0.6) is 11.5 Å². The van der Waals surface area contributed by atoms with Crippen molar-refractivity contribution >= 4 is 13.0 Å². The molecule has 0 spiro atoms. The van der Waals surface area contributed by atoms with Crippen molar-refractivity contribution in [2.75, 3.05) is 21.3 Å². The molecule has 6 nitrogen and oxygen atoms in total. The van der Waals surface area contributed by atoms with E-state index in [4.69, 9.17) is 14.2 Å². The van der Waals surface area contributed by atoms with Gasteiger partial charge in [0.1, 0.15) is 0 Å². The van der Waals surface area contributed by atoms with Gasteiger partial charge in [-0.25, -0.2) is 0 Å². The van der Waals surface area contributed by atoms with Crippen LogP contribution in [0, 0.1) is 0 Å². The highest BCUT2D eigenvalue weighted by molar-refractivity contribution is 6.45. The molecule has 1 aliphatic heterocycles. The molecule has 1 N–H and O–H groups in total. The minimum atomic E-state index is -0.663. The van der Waals surface area contributed by atoms with E-state index < -0.39 is 7.05 Å². The zero-order valence-electron chi connectivity index (χ0n) is 12.8. The molecule has 0 aliphatic carbocycles. The summed E-state index contributed by atoms with van der Waals surface area (Å²) >= 11 is 0. The second-order valence-electron chi connectivity index (χ2n) is 5.01. The molecule has 1 heterocycles. The van der Waals surface area contributed by atoms with E-state index in [0.717, 1.165) is 11.1 Å². The minimum absolute atomic E-state index is 0.184. The van der Waals surface area contributed by atoms with Gasteiger partial charge in [0.25, 0.3) is 0 Å². The van der Waals surface area contributed by atoms with Gasteiger partial charge in [0.2, 0.25) is 0 Å². The number of carbonyl (C=O) groups excluding carboxylic acids is 1. The van der Waals surface area contributed by atoms with E-state index in [-0.39, 0.29) is 18.4 Å². The van der Waals surface area contributed by atoms with Gasteiger partial charge in [0, 0.05) is 12.6 Å². The third kappa shape index (κ3) is 2.98. The number of fused-ring (bicyclic) bond motifs is 1. The summed E-state index contributed by atoms with van der Waals surface area (Å²) < 4.78 is 15.4. The first-order valence-electron chi connectivity index (χ1n) is 6.77. The lowest BCUT2D eigenvalue weighted by atomic mass is 9.83. The Kier molecular flexibility index (Phi) is 4.75. The lowest BCUT2D eigenvalue weighted by Crippen LogP contribution is -2.36. The number of carbonyl (C=O) groups is 1. The Bertz CT molecular complexity index is 534. The van der Waals surface area contributed by atoms with Crippen molar-refractivity contribution in [3.63, 3.8) is 0 Å². The molecule has 0 saturated heterocycles. The van der Waals surface area contributed by atoms with Gasteiger partial charge in [-0.05, 0) is 30.1 Å². The molecule has 0 saturated carbocycles. The van der Waals surface area contributed by atoms with Crippen LogP contribution in [-0.2, 0) is 16.1 Å².